The number of hydrogen-bond donors (Lipinski definition) is 1. The summed E-state index contributed by atoms with van der Waals surface area (Å²) in [6.07, 6.45) is 2.40. The van der Waals surface area contributed by atoms with Crippen LogP contribution in [-0.4, -0.2) is 11.1 Å². The molecule has 0 atom stereocenters. The van der Waals surface area contributed by atoms with Crippen molar-refractivity contribution >= 4 is 16.7 Å². The van der Waals surface area contributed by atoms with Crippen molar-refractivity contribution < 1.29 is 9.90 Å². The summed E-state index contributed by atoms with van der Waals surface area (Å²) in [5.74, 6) is -0.892. The second kappa shape index (κ2) is 6.95. The van der Waals surface area contributed by atoms with Crippen LogP contribution in [0.5, 0.6) is 0 Å². The maximum absolute atomic E-state index is 11.3. The second-order valence-electron chi connectivity index (χ2n) is 11.5. The van der Waals surface area contributed by atoms with Gasteiger partial charge in [-0.15, -0.1) is 0 Å². The smallest absolute Gasteiger partial charge is 0.335 e. The lowest BCUT2D eigenvalue weighted by molar-refractivity contribution is 0.0697. The molecule has 4 rings (SSSR count). The van der Waals surface area contributed by atoms with Crippen LogP contribution in [0.2, 0.25) is 0 Å². The first-order chi connectivity index (χ1) is 14.3. The molecule has 2 heteroatoms. The van der Waals surface area contributed by atoms with Gasteiger partial charge in [0.05, 0.1) is 5.56 Å². The molecule has 0 amide bonds. The number of hydrogen-bond acceptors (Lipinski definition) is 1. The molecular weight excluding hydrogens is 380 g/mol. The SMILES string of the molecule is CC(C)(C)c1cc(-c2ccc(C(=O)O)cc2)cc2cc3c(cc12)C(C)(C)CCC3(C)C. The van der Waals surface area contributed by atoms with Crippen molar-refractivity contribution in [2.45, 2.75) is 77.6 Å². The minimum absolute atomic E-state index is 0.00215. The number of aromatic carboxylic acids is 1. The summed E-state index contributed by atoms with van der Waals surface area (Å²) in [5, 5.41) is 11.9. The van der Waals surface area contributed by atoms with Crippen LogP contribution in [0.15, 0.2) is 48.5 Å². The van der Waals surface area contributed by atoms with Gasteiger partial charge in [-0.05, 0) is 91.9 Å². The van der Waals surface area contributed by atoms with E-state index in [9.17, 15) is 9.90 Å². The lowest BCUT2D eigenvalue weighted by Gasteiger charge is -2.42. The molecule has 0 saturated carbocycles. The summed E-state index contributed by atoms with van der Waals surface area (Å²) >= 11 is 0. The molecule has 0 aliphatic heterocycles. The predicted octanol–water partition coefficient (Wildman–Crippen LogP) is 7.85. The molecule has 3 aromatic rings. The minimum Gasteiger partial charge on any atom is -0.478 e. The van der Waals surface area contributed by atoms with E-state index >= 15 is 0 Å². The topological polar surface area (TPSA) is 37.3 Å². The highest BCUT2D eigenvalue weighted by Crippen LogP contribution is 2.48. The molecule has 0 heterocycles. The average molecular weight is 415 g/mol. The molecular formula is C29H34O2. The quantitative estimate of drug-likeness (QED) is 0.463. The minimum atomic E-state index is -0.892. The number of fused-ring (bicyclic) bond motifs is 2. The third-order valence-corrected chi connectivity index (χ3v) is 7.20. The number of rotatable bonds is 2. The van der Waals surface area contributed by atoms with Crippen LogP contribution in [0.3, 0.4) is 0 Å². The third-order valence-electron chi connectivity index (χ3n) is 7.20. The van der Waals surface area contributed by atoms with Crippen molar-refractivity contribution in [2.24, 2.45) is 0 Å². The van der Waals surface area contributed by atoms with Crippen molar-refractivity contribution in [1.29, 1.82) is 0 Å². The number of carboxylic acids is 1. The molecule has 0 fully saturated rings. The van der Waals surface area contributed by atoms with Gasteiger partial charge < -0.3 is 5.11 Å². The molecule has 3 aromatic carbocycles. The van der Waals surface area contributed by atoms with Gasteiger partial charge in [0, 0.05) is 0 Å². The molecule has 0 radical (unpaired) electrons. The maximum Gasteiger partial charge on any atom is 0.335 e. The van der Waals surface area contributed by atoms with Crippen molar-refractivity contribution in [2.75, 3.05) is 0 Å². The van der Waals surface area contributed by atoms with Gasteiger partial charge in [-0.25, -0.2) is 4.79 Å². The first kappa shape index (κ1) is 21.6. The number of benzene rings is 3. The van der Waals surface area contributed by atoms with E-state index in [1.165, 1.54) is 40.3 Å². The summed E-state index contributed by atoms with van der Waals surface area (Å²) in [6.45, 7) is 16.3. The van der Waals surface area contributed by atoms with Gasteiger partial charge >= 0.3 is 5.97 Å². The van der Waals surface area contributed by atoms with E-state index in [2.05, 4.69) is 72.7 Å². The molecule has 0 spiro atoms. The largest absolute Gasteiger partial charge is 0.478 e. The zero-order chi connectivity index (χ0) is 22.8. The van der Waals surface area contributed by atoms with Gasteiger partial charge in [-0.2, -0.15) is 0 Å². The Bertz CT molecular complexity index is 1170. The van der Waals surface area contributed by atoms with Crippen LogP contribution < -0.4 is 0 Å². The summed E-state index contributed by atoms with van der Waals surface area (Å²) in [4.78, 5) is 11.3. The fraction of sp³-hybridized carbons (Fsp3) is 0.414. The van der Waals surface area contributed by atoms with Crippen LogP contribution in [0.25, 0.3) is 21.9 Å². The first-order valence-electron chi connectivity index (χ1n) is 11.3. The van der Waals surface area contributed by atoms with Gasteiger partial charge in [0.15, 0.2) is 0 Å². The highest BCUT2D eigenvalue weighted by Gasteiger charge is 2.37. The lowest BCUT2D eigenvalue weighted by atomic mass is 9.62. The molecule has 0 unspecified atom stereocenters. The zero-order valence-electron chi connectivity index (χ0n) is 19.9. The van der Waals surface area contributed by atoms with Gasteiger partial charge in [0.25, 0.3) is 0 Å². The van der Waals surface area contributed by atoms with Crippen molar-refractivity contribution in [1.82, 2.24) is 0 Å². The Kier molecular flexibility index (Phi) is 4.85. The monoisotopic (exact) mass is 414 g/mol. The molecule has 1 aliphatic rings. The molecule has 1 N–H and O–H groups in total. The standard InChI is InChI=1S/C29H34O2/c1-27(2,3)23-15-20(18-8-10-19(11-9-18)26(30)31)14-21-16-24-25(17-22(21)23)29(6,7)13-12-28(24,4)5/h8-11,14-17H,12-13H2,1-7H3,(H,30,31). The van der Waals surface area contributed by atoms with Gasteiger partial charge in [-0.3, -0.25) is 0 Å². The fourth-order valence-corrected chi connectivity index (χ4v) is 5.02. The van der Waals surface area contributed by atoms with E-state index in [-0.39, 0.29) is 16.2 Å². The van der Waals surface area contributed by atoms with Crippen molar-refractivity contribution in [3.8, 4) is 11.1 Å². The Morgan fingerprint density at radius 3 is 1.87 bits per heavy atom. The summed E-state index contributed by atoms with van der Waals surface area (Å²) in [6, 6.07) is 16.7. The highest BCUT2D eigenvalue weighted by molar-refractivity contribution is 5.93. The van der Waals surface area contributed by atoms with Gasteiger partial charge in [0.1, 0.15) is 0 Å². The molecule has 162 valence electrons. The van der Waals surface area contributed by atoms with Crippen LogP contribution in [0.4, 0.5) is 0 Å². The maximum atomic E-state index is 11.3. The normalized spacial score (nSPS) is 17.4. The van der Waals surface area contributed by atoms with E-state index < -0.39 is 5.97 Å². The van der Waals surface area contributed by atoms with Crippen LogP contribution in [-0.2, 0) is 16.2 Å². The van der Waals surface area contributed by atoms with Crippen LogP contribution in [0.1, 0.15) is 88.4 Å². The Hall–Kier alpha value is -2.61. The van der Waals surface area contributed by atoms with Crippen LogP contribution >= 0.6 is 0 Å². The Morgan fingerprint density at radius 2 is 1.35 bits per heavy atom. The van der Waals surface area contributed by atoms with E-state index in [0.717, 1.165) is 11.1 Å². The molecule has 0 bridgehead atoms. The Labute approximate surface area is 186 Å². The predicted molar refractivity (Wildman–Crippen MR) is 130 cm³/mol. The third kappa shape index (κ3) is 3.78. The molecule has 0 saturated heterocycles. The summed E-state index contributed by atoms with van der Waals surface area (Å²) < 4.78 is 0. The second-order valence-corrected chi connectivity index (χ2v) is 11.5. The van der Waals surface area contributed by atoms with E-state index in [1.807, 2.05) is 12.1 Å². The van der Waals surface area contributed by atoms with Crippen molar-refractivity contribution in [3.63, 3.8) is 0 Å². The summed E-state index contributed by atoms with van der Waals surface area (Å²) in [7, 11) is 0. The molecule has 1 aliphatic carbocycles. The lowest BCUT2D eigenvalue weighted by Crippen LogP contribution is -2.33. The fourth-order valence-electron chi connectivity index (χ4n) is 5.02. The van der Waals surface area contributed by atoms with Gasteiger partial charge in [-0.1, -0.05) is 72.7 Å². The zero-order valence-corrected chi connectivity index (χ0v) is 19.9. The van der Waals surface area contributed by atoms with E-state index in [4.69, 9.17) is 0 Å². The highest BCUT2D eigenvalue weighted by atomic mass is 16.4. The number of carbonyl (C=O) groups is 1. The first-order valence-corrected chi connectivity index (χ1v) is 11.3. The molecule has 0 aromatic heterocycles. The summed E-state index contributed by atoms with van der Waals surface area (Å²) in [5.41, 5.74) is 7.15. The van der Waals surface area contributed by atoms with E-state index in [1.54, 1.807) is 12.1 Å². The molecule has 2 nitrogen and oxygen atoms in total. The van der Waals surface area contributed by atoms with Crippen LogP contribution in [0, 0.1) is 0 Å². The number of carboxylic acid groups (broad SMARTS) is 1. The van der Waals surface area contributed by atoms with Gasteiger partial charge in [0.2, 0.25) is 0 Å². The molecule has 31 heavy (non-hydrogen) atoms. The van der Waals surface area contributed by atoms with E-state index in [0.29, 0.717) is 5.56 Å². The van der Waals surface area contributed by atoms with Crippen molar-refractivity contribution in [3.05, 3.63) is 70.8 Å². The average Bonchev–Trinajstić information content (AvgIpc) is 2.69. The Morgan fingerprint density at radius 1 is 0.806 bits per heavy atom. The Balaban J connectivity index is 2.01.